The van der Waals surface area contributed by atoms with E-state index in [9.17, 15) is 8.78 Å². The smallest absolute Gasteiger partial charge is 0.145 e. The van der Waals surface area contributed by atoms with E-state index >= 15 is 0 Å². The summed E-state index contributed by atoms with van der Waals surface area (Å²) in [6.07, 6.45) is 4.14. The normalized spacial score (nSPS) is 12.4. The summed E-state index contributed by atoms with van der Waals surface area (Å²) in [4.78, 5) is 4.09. The van der Waals surface area contributed by atoms with Gasteiger partial charge in [0.1, 0.15) is 11.6 Å². The Balaban J connectivity index is 2.62. The Morgan fingerprint density at radius 3 is 2.67 bits per heavy atom. The van der Waals surface area contributed by atoms with Crippen LogP contribution in [0, 0.1) is 11.6 Å². The second-order valence-corrected chi connectivity index (χ2v) is 5.53. The van der Waals surface area contributed by atoms with E-state index in [1.54, 1.807) is 12.4 Å². The average molecular weight is 355 g/mol. The first-order chi connectivity index (χ1) is 10.1. The maximum absolute atomic E-state index is 14.4. The van der Waals surface area contributed by atoms with Gasteiger partial charge in [-0.3, -0.25) is 4.98 Å². The van der Waals surface area contributed by atoms with E-state index in [1.807, 2.05) is 19.9 Å². The van der Waals surface area contributed by atoms with Crippen LogP contribution >= 0.6 is 15.9 Å². The van der Waals surface area contributed by atoms with Crippen LogP contribution in [-0.4, -0.2) is 11.5 Å². The molecule has 1 atom stereocenters. The van der Waals surface area contributed by atoms with Crippen LogP contribution in [0.2, 0.25) is 0 Å². The minimum Gasteiger partial charge on any atom is -0.306 e. The lowest BCUT2D eigenvalue weighted by atomic mass is 9.94. The van der Waals surface area contributed by atoms with Crippen molar-refractivity contribution in [3.05, 3.63) is 63.4 Å². The largest absolute Gasteiger partial charge is 0.306 e. The summed E-state index contributed by atoms with van der Waals surface area (Å²) >= 11 is 3.13. The van der Waals surface area contributed by atoms with Gasteiger partial charge in [0.2, 0.25) is 0 Å². The number of aromatic nitrogens is 1. The highest BCUT2D eigenvalue weighted by molar-refractivity contribution is 9.10. The van der Waals surface area contributed by atoms with Gasteiger partial charge < -0.3 is 5.32 Å². The SMILES string of the molecule is CCNC(c1ccncc1CC)c1c(F)ccc(Br)c1F. The average Bonchev–Trinajstić information content (AvgIpc) is 2.50. The summed E-state index contributed by atoms with van der Waals surface area (Å²) in [7, 11) is 0. The molecule has 0 saturated heterocycles. The Bertz CT molecular complexity index is 632. The lowest BCUT2D eigenvalue weighted by Crippen LogP contribution is -2.25. The van der Waals surface area contributed by atoms with Crippen molar-refractivity contribution in [1.82, 2.24) is 10.3 Å². The van der Waals surface area contributed by atoms with Crippen LogP contribution in [0.15, 0.2) is 35.1 Å². The topological polar surface area (TPSA) is 24.9 Å². The van der Waals surface area contributed by atoms with Crippen molar-refractivity contribution in [1.29, 1.82) is 0 Å². The van der Waals surface area contributed by atoms with E-state index in [0.717, 1.165) is 17.5 Å². The highest BCUT2D eigenvalue weighted by Gasteiger charge is 2.24. The maximum Gasteiger partial charge on any atom is 0.145 e. The number of nitrogens with one attached hydrogen (secondary N) is 1. The molecule has 5 heteroatoms. The summed E-state index contributed by atoms with van der Waals surface area (Å²) in [6.45, 7) is 4.51. The van der Waals surface area contributed by atoms with Crippen molar-refractivity contribution in [2.24, 2.45) is 0 Å². The second kappa shape index (κ2) is 7.09. The van der Waals surface area contributed by atoms with Crippen LogP contribution in [0.3, 0.4) is 0 Å². The molecular weight excluding hydrogens is 338 g/mol. The molecule has 0 fully saturated rings. The number of aryl methyl sites for hydroxylation is 1. The zero-order valence-corrected chi connectivity index (χ0v) is 13.5. The quantitative estimate of drug-likeness (QED) is 0.805. The predicted octanol–water partition coefficient (Wildman–Crippen LogP) is 4.38. The van der Waals surface area contributed by atoms with Crippen molar-refractivity contribution in [2.75, 3.05) is 6.54 Å². The molecule has 2 rings (SSSR count). The number of hydrogen-bond donors (Lipinski definition) is 1. The molecule has 0 bridgehead atoms. The third-order valence-corrected chi connectivity index (χ3v) is 4.02. The van der Waals surface area contributed by atoms with E-state index in [4.69, 9.17) is 0 Å². The lowest BCUT2D eigenvalue weighted by Gasteiger charge is -2.22. The minimum atomic E-state index is -0.570. The lowest BCUT2D eigenvalue weighted by molar-refractivity contribution is 0.505. The highest BCUT2D eigenvalue weighted by atomic mass is 79.9. The van der Waals surface area contributed by atoms with Gasteiger partial charge in [-0.05, 0) is 58.2 Å². The van der Waals surface area contributed by atoms with Crippen molar-refractivity contribution >= 4 is 15.9 Å². The number of nitrogens with zero attached hydrogens (tertiary/aromatic N) is 1. The van der Waals surface area contributed by atoms with E-state index in [-0.39, 0.29) is 10.0 Å². The summed E-state index contributed by atoms with van der Waals surface area (Å²) in [5, 5.41) is 3.17. The molecule has 0 spiro atoms. The summed E-state index contributed by atoms with van der Waals surface area (Å²) in [5.74, 6) is -1.12. The third kappa shape index (κ3) is 3.30. The molecule has 0 amide bonds. The van der Waals surface area contributed by atoms with Crippen LogP contribution < -0.4 is 5.32 Å². The van der Waals surface area contributed by atoms with Crippen molar-refractivity contribution < 1.29 is 8.78 Å². The van der Waals surface area contributed by atoms with Crippen molar-refractivity contribution in [2.45, 2.75) is 26.3 Å². The Kier molecular flexibility index (Phi) is 5.42. The zero-order chi connectivity index (χ0) is 15.4. The summed E-state index contributed by atoms with van der Waals surface area (Å²) in [6, 6.07) is 3.93. The molecule has 0 radical (unpaired) electrons. The first-order valence-electron chi connectivity index (χ1n) is 6.89. The fourth-order valence-electron chi connectivity index (χ4n) is 2.39. The molecule has 0 aliphatic rings. The number of pyridine rings is 1. The molecule has 1 aromatic heterocycles. The molecule has 112 valence electrons. The summed E-state index contributed by atoms with van der Waals surface area (Å²) in [5.41, 5.74) is 1.86. The third-order valence-electron chi connectivity index (χ3n) is 3.41. The van der Waals surface area contributed by atoms with E-state index in [2.05, 4.69) is 26.2 Å². The molecule has 0 aliphatic carbocycles. The van der Waals surface area contributed by atoms with Gasteiger partial charge in [0.15, 0.2) is 0 Å². The fourth-order valence-corrected chi connectivity index (χ4v) is 2.74. The van der Waals surface area contributed by atoms with Crippen LogP contribution in [0.1, 0.15) is 36.6 Å². The molecule has 21 heavy (non-hydrogen) atoms. The number of rotatable bonds is 5. The Morgan fingerprint density at radius 2 is 2.00 bits per heavy atom. The van der Waals surface area contributed by atoms with Gasteiger partial charge in [-0.1, -0.05) is 13.8 Å². The fraction of sp³-hybridized carbons (Fsp3) is 0.312. The molecule has 0 aliphatic heterocycles. The van der Waals surface area contributed by atoms with Crippen LogP contribution in [0.25, 0.3) is 0 Å². The summed E-state index contributed by atoms with van der Waals surface area (Å²) < 4.78 is 28.9. The maximum atomic E-state index is 14.4. The molecule has 1 heterocycles. The minimum absolute atomic E-state index is 0.0344. The molecule has 0 saturated carbocycles. The van der Waals surface area contributed by atoms with Crippen molar-refractivity contribution in [3.63, 3.8) is 0 Å². The number of halogens is 3. The van der Waals surface area contributed by atoms with Crippen molar-refractivity contribution in [3.8, 4) is 0 Å². The molecule has 1 aromatic carbocycles. The molecule has 2 aromatic rings. The van der Waals surface area contributed by atoms with E-state index < -0.39 is 17.7 Å². The molecule has 2 nitrogen and oxygen atoms in total. The van der Waals surface area contributed by atoms with Gasteiger partial charge in [0, 0.05) is 18.0 Å². The first kappa shape index (κ1) is 16.0. The van der Waals surface area contributed by atoms with Gasteiger partial charge in [-0.2, -0.15) is 0 Å². The Morgan fingerprint density at radius 1 is 1.24 bits per heavy atom. The number of hydrogen-bond acceptors (Lipinski definition) is 2. The monoisotopic (exact) mass is 354 g/mol. The van der Waals surface area contributed by atoms with Gasteiger partial charge in [-0.15, -0.1) is 0 Å². The van der Waals surface area contributed by atoms with E-state index in [1.165, 1.54) is 12.1 Å². The van der Waals surface area contributed by atoms with Gasteiger partial charge in [0.25, 0.3) is 0 Å². The molecule has 1 N–H and O–H groups in total. The number of benzene rings is 1. The Hall–Kier alpha value is -1.33. The highest BCUT2D eigenvalue weighted by Crippen LogP contribution is 2.32. The first-order valence-corrected chi connectivity index (χ1v) is 7.69. The van der Waals surface area contributed by atoms with Crippen LogP contribution in [0.5, 0.6) is 0 Å². The second-order valence-electron chi connectivity index (χ2n) is 4.68. The predicted molar refractivity (Wildman–Crippen MR) is 83.2 cm³/mol. The molecular formula is C16H17BrF2N2. The van der Waals surface area contributed by atoms with Crippen LogP contribution in [-0.2, 0) is 6.42 Å². The van der Waals surface area contributed by atoms with E-state index in [0.29, 0.717) is 6.54 Å². The molecule has 1 unspecified atom stereocenters. The standard InChI is InChI=1S/C16H17BrF2N2/c1-3-10-9-20-8-7-11(10)16(21-4-2)14-13(18)6-5-12(17)15(14)19/h5-9,16,21H,3-4H2,1-2H3. The Labute approximate surface area is 131 Å². The van der Waals surface area contributed by atoms with Gasteiger partial charge in [0.05, 0.1) is 10.5 Å². The van der Waals surface area contributed by atoms with Crippen LogP contribution in [0.4, 0.5) is 8.78 Å². The van der Waals surface area contributed by atoms with Gasteiger partial charge >= 0.3 is 0 Å². The zero-order valence-electron chi connectivity index (χ0n) is 12.0. The van der Waals surface area contributed by atoms with Gasteiger partial charge in [-0.25, -0.2) is 8.78 Å².